The lowest BCUT2D eigenvalue weighted by Crippen LogP contribution is -2.33. The van der Waals surface area contributed by atoms with Crippen molar-refractivity contribution in [3.05, 3.63) is 17.5 Å². The first-order chi connectivity index (χ1) is 9.16. The molecule has 106 valence electrons. The summed E-state index contributed by atoms with van der Waals surface area (Å²) in [6, 6.07) is 0. The highest BCUT2D eigenvalue weighted by Gasteiger charge is 2.23. The number of nitrogens with one attached hydrogen (secondary N) is 2. The molecule has 0 spiro atoms. The predicted octanol–water partition coefficient (Wildman–Crippen LogP) is 2.59. The van der Waals surface area contributed by atoms with Crippen molar-refractivity contribution in [1.82, 2.24) is 15.5 Å². The molecule has 1 amide bonds. The van der Waals surface area contributed by atoms with Crippen LogP contribution >= 0.6 is 0 Å². The topological polar surface area (TPSA) is 57.8 Å². The highest BCUT2D eigenvalue weighted by atomic mass is 16.1. The summed E-state index contributed by atoms with van der Waals surface area (Å²) in [5.41, 5.74) is 2.38. The lowest BCUT2D eigenvalue weighted by Gasteiger charge is -2.25. The van der Waals surface area contributed by atoms with Crippen LogP contribution in [0, 0.1) is 18.8 Å². The molecule has 2 rings (SSSR count). The largest absolute Gasteiger partial charge is 0.356 e. The van der Waals surface area contributed by atoms with Gasteiger partial charge in [-0.25, -0.2) is 0 Å². The maximum atomic E-state index is 12.0. The summed E-state index contributed by atoms with van der Waals surface area (Å²) < 4.78 is 0. The van der Waals surface area contributed by atoms with Gasteiger partial charge in [0.2, 0.25) is 5.91 Å². The van der Waals surface area contributed by atoms with Gasteiger partial charge in [-0.05, 0) is 56.9 Å². The van der Waals surface area contributed by atoms with E-state index in [0.29, 0.717) is 0 Å². The van der Waals surface area contributed by atoms with Crippen LogP contribution in [-0.2, 0) is 11.2 Å². The molecule has 1 aromatic rings. The Morgan fingerprint density at radius 3 is 2.79 bits per heavy atom. The highest BCUT2D eigenvalue weighted by Crippen LogP contribution is 2.28. The zero-order chi connectivity index (χ0) is 13.7. The van der Waals surface area contributed by atoms with E-state index in [2.05, 4.69) is 22.4 Å². The van der Waals surface area contributed by atoms with Crippen molar-refractivity contribution in [1.29, 1.82) is 0 Å². The van der Waals surface area contributed by atoms with Gasteiger partial charge in [-0.2, -0.15) is 5.10 Å². The summed E-state index contributed by atoms with van der Waals surface area (Å²) in [5.74, 6) is 1.32. The lowest BCUT2D eigenvalue weighted by molar-refractivity contribution is -0.126. The van der Waals surface area contributed by atoms with Gasteiger partial charge in [0.1, 0.15) is 0 Å². The maximum absolute atomic E-state index is 12.0. The van der Waals surface area contributed by atoms with Gasteiger partial charge < -0.3 is 5.32 Å². The van der Waals surface area contributed by atoms with E-state index >= 15 is 0 Å². The van der Waals surface area contributed by atoms with Crippen LogP contribution in [0.4, 0.5) is 0 Å². The van der Waals surface area contributed by atoms with E-state index in [1.807, 2.05) is 13.1 Å². The molecule has 0 bridgehead atoms. The van der Waals surface area contributed by atoms with Crippen molar-refractivity contribution >= 4 is 5.91 Å². The van der Waals surface area contributed by atoms with Crippen LogP contribution in [0.15, 0.2) is 6.20 Å². The molecule has 1 aromatic heterocycles. The molecule has 0 unspecified atom stereocenters. The molecular formula is C15H25N3O. The van der Waals surface area contributed by atoms with Gasteiger partial charge in [0.15, 0.2) is 0 Å². The molecule has 1 aliphatic carbocycles. The Bertz CT molecular complexity index is 405. The quantitative estimate of drug-likeness (QED) is 0.802. The van der Waals surface area contributed by atoms with Crippen LogP contribution in [0.1, 0.15) is 50.3 Å². The zero-order valence-electron chi connectivity index (χ0n) is 12.0. The Morgan fingerprint density at radius 1 is 1.42 bits per heavy atom. The van der Waals surface area contributed by atoms with Gasteiger partial charge in [-0.1, -0.05) is 6.92 Å². The van der Waals surface area contributed by atoms with Crippen LogP contribution in [0.2, 0.25) is 0 Å². The fraction of sp³-hybridized carbons (Fsp3) is 0.733. The summed E-state index contributed by atoms with van der Waals surface area (Å²) in [4.78, 5) is 12.0. The molecule has 1 heterocycles. The average Bonchev–Trinajstić information content (AvgIpc) is 2.81. The number of nitrogens with zero attached hydrogens (tertiary/aromatic N) is 1. The second-order valence-electron chi connectivity index (χ2n) is 5.87. The number of aromatic amines is 1. The Morgan fingerprint density at radius 2 is 2.16 bits per heavy atom. The van der Waals surface area contributed by atoms with Gasteiger partial charge in [0.25, 0.3) is 0 Å². The number of H-pyrrole nitrogens is 1. The highest BCUT2D eigenvalue weighted by molar-refractivity contribution is 5.78. The van der Waals surface area contributed by atoms with Crippen molar-refractivity contribution in [3.8, 4) is 0 Å². The monoisotopic (exact) mass is 263 g/mol. The molecule has 19 heavy (non-hydrogen) atoms. The van der Waals surface area contributed by atoms with Crippen LogP contribution in [0.25, 0.3) is 0 Å². The zero-order valence-corrected chi connectivity index (χ0v) is 12.0. The molecule has 4 nitrogen and oxygen atoms in total. The fourth-order valence-electron chi connectivity index (χ4n) is 2.78. The summed E-state index contributed by atoms with van der Waals surface area (Å²) in [5, 5.41) is 10.0. The Kier molecular flexibility index (Phi) is 5.00. The summed E-state index contributed by atoms with van der Waals surface area (Å²) in [6.07, 6.45) is 8.36. The van der Waals surface area contributed by atoms with Crippen molar-refractivity contribution in [2.75, 3.05) is 6.54 Å². The minimum absolute atomic E-state index is 0.256. The summed E-state index contributed by atoms with van der Waals surface area (Å²) in [6.45, 7) is 5.08. The van der Waals surface area contributed by atoms with Crippen molar-refractivity contribution in [2.24, 2.45) is 11.8 Å². The molecule has 4 heteroatoms. The van der Waals surface area contributed by atoms with Crippen molar-refractivity contribution in [3.63, 3.8) is 0 Å². The van der Waals surface area contributed by atoms with Gasteiger partial charge >= 0.3 is 0 Å². The van der Waals surface area contributed by atoms with Crippen LogP contribution in [0.3, 0.4) is 0 Å². The first kappa shape index (κ1) is 14.1. The van der Waals surface area contributed by atoms with Gasteiger partial charge in [0, 0.05) is 18.2 Å². The molecular weight excluding hydrogens is 238 g/mol. The van der Waals surface area contributed by atoms with Crippen molar-refractivity contribution in [2.45, 2.75) is 52.4 Å². The Balaban J connectivity index is 1.63. The molecule has 1 aliphatic rings. The van der Waals surface area contributed by atoms with E-state index < -0.39 is 0 Å². The number of aromatic nitrogens is 2. The number of hydrogen-bond donors (Lipinski definition) is 2. The molecule has 1 saturated carbocycles. The second kappa shape index (κ2) is 6.73. The third-order valence-electron chi connectivity index (χ3n) is 4.24. The summed E-state index contributed by atoms with van der Waals surface area (Å²) in [7, 11) is 0. The maximum Gasteiger partial charge on any atom is 0.223 e. The molecule has 0 aliphatic heterocycles. The third-order valence-corrected chi connectivity index (χ3v) is 4.24. The van der Waals surface area contributed by atoms with E-state index in [1.165, 1.54) is 18.4 Å². The van der Waals surface area contributed by atoms with Crippen LogP contribution in [-0.4, -0.2) is 22.6 Å². The minimum atomic E-state index is 0.256. The second-order valence-corrected chi connectivity index (χ2v) is 5.87. The fourth-order valence-corrected chi connectivity index (χ4v) is 2.78. The third kappa shape index (κ3) is 4.08. The normalized spacial score (nSPS) is 23.3. The van der Waals surface area contributed by atoms with E-state index in [1.54, 1.807) is 0 Å². The van der Waals surface area contributed by atoms with E-state index in [-0.39, 0.29) is 11.8 Å². The smallest absolute Gasteiger partial charge is 0.223 e. The van der Waals surface area contributed by atoms with Crippen molar-refractivity contribution < 1.29 is 4.79 Å². The standard InChI is InChI=1S/C15H25N3O/c1-11-5-7-13(8-6-11)15(19)16-9-3-4-14-10-17-18-12(14)2/h10-11,13H,3-9H2,1-2H3,(H,16,19)(H,17,18). The molecule has 0 radical (unpaired) electrons. The minimum Gasteiger partial charge on any atom is -0.356 e. The van der Waals surface area contributed by atoms with Crippen LogP contribution in [0.5, 0.6) is 0 Å². The predicted molar refractivity (Wildman–Crippen MR) is 75.8 cm³/mol. The number of carbonyl (C=O) groups excluding carboxylic acids is 1. The summed E-state index contributed by atoms with van der Waals surface area (Å²) >= 11 is 0. The van der Waals surface area contributed by atoms with Gasteiger partial charge in [-0.3, -0.25) is 9.89 Å². The first-order valence-electron chi connectivity index (χ1n) is 7.43. The van der Waals surface area contributed by atoms with Gasteiger partial charge in [0.05, 0.1) is 6.20 Å². The molecule has 0 aromatic carbocycles. The Labute approximate surface area is 115 Å². The molecule has 0 saturated heterocycles. The number of carbonyl (C=O) groups is 1. The SMILES string of the molecule is Cc1[nH]ncc1CCCNC(=O)C1CCC(C)CC1. The Hall–Kier alpha value is -1.32. The number of rotatable bonds is 5. The number of aryl methyl sites for hydroxylation is 2. The first-order valence-corrected chi connectivity index (χ1v) is 7.43. The number of hydrogen-bond acceptors (Lipinski definition) is 2. The number of amides is 1. The lowest BCUT2D eigenvalue weighted by atomic mass is 9.82. The molecule has 0 atom stereocenters. The van der Waals surface area contributed by atoms with Gasteiger partial charge in [-0.15, -0.1) is 0 Å². The van der Waals surface area contributed by atoms with E-state index in [9.17, 15) is 4.79 Å². The molecule has 1 fully saturated rings. The van der Waals surface area contributed by atoms with E-state index in [0.717, 1.165) is 43.8 Å². The molecule has 2 N–H and O–H groups in total. The average molecular weight is 263 g/mol. The van der Waals surface area contributed by atoms with Crippen LogP contribution < -0.4 is 5.32 Å². The van der Waals surface area contributed by atoms with E-state index in [4.69, 9.17) is 0 Å².